The Morgan fingerprint density at radius 3 is 2.40 bits per heavy atom. The molecule has 0 fully saturated rings. The molecule has 25 heavy (non-hydrogen) atoms. The molecule has 2 aromatic carbocycles. The van der Waals surface area contributed by atoms with E-state index < -0.39 is 11.7 Å². The van der Waals surface area contributed by atoms with E-state index in [9.17, 15) is 13.6 Å². The first-order valence-corrected chi connectivity index (χ1v) is 8.37. The van der Waals surface area contributed by atoms with Crippen molar-refractivity contribution < 1.29 is 13.6 Å². The lowest BCUT2D eigenvalue weighted by atomic mass is 10.2. The highest BCUT2D eigenvalue weighted by Crippen LogP contribution is 2.21. The average molecular weight is 357 g/mol. The van der Waals surface area contributed by atoms with Gasteiger partial charge in [0.05, 0.1) is 5.56 Å². The van der Waals surface area contributed by atoms with Crippen molar-refractivity contribution in [2.45, 2.75) is 10.8 Å². The van der Waals surface area contributed by atoms with Gasteiger partial charge in [-0.15, -0.1) is 10.2 Å². The predicted molar refractivity (Wildman–Crippen MR) is 92.3 cm³/mol. The van der Waals surface area contributed by atoms with E-state index in [1.807, 2.05) is 0 Å². The number of benzene rings is 2. The molecule has 7 heteroatoms. The van der Waals surface area contributed by atoms with Crippen LogP contribution in [0.1, 0.15) is 15.9 Å². The number of hydrogen-bond donors (Lipinski definition) is 1. The molecule has 3 aromatic rings. The van der Waals surface area contributed by atoms with Gasteiger partial charge in [-0.2, -0.15) is 0 Å². The Balaban J connectivity index is 1.59. The van der Waals surface area contributed by atoms with Gasteiger partial charge in [-0.3, -0.25) is 4.79 Å². The van der Waals surface area contributed by atoms with Gasteiger partial charge in [0.15, 0.2) is 5.82 Å². The molecule has 0 spiro atoms. The normalized spacial score (nSPS) is 10.5. The summed E-state index contributed by atoms with van der Waals surface area (Å²) < 4.78 is 26.4. The van der Waals surface area contributed by atoms with E-state index in [1.54, 1.807) is 30.3 Å². The third-order valence-corrected chi connectivity index (χ3v) is 4.29. The average Bonchev–Trinajstić information content (AvgIpc) is 2.63. The van der Waals surface area contributed by atoms with E-state index >= 15 is 0 Å². The van der Waals surface area contributed by atoms with Gasteiger partial charge in [0.25, 0.3) is 5.91 Å². The zero-order valence-electron chi connectivity index (χ0n) is 12.9. The summed E-state index contributed by atoms with van der Waals surface area (Å²) in [4.78, 5) is 12.0. The molecule has 0 saturated heterocycles. The number of halogens is 2. The number of nitrogens with zero attached hydrogens (tertiary/aromatic N) is 2. The highest BCUT2D eigenvalue weighted by molar-refractivity contribution is 7.98. The minimum Gasteiger partial charge on any atom is -0.305 e. The number of hydrogen-bond acceptors (Lipinski definition) is 4. The van der Waals surface area contributed by atoms with Crippen molar-refractivity contribution in [3.8, 4) is 0 Å². The molecule has 0 bridgehead atoms. The van der Waals surface area contributed by atoms with Gasteiger partial charge in [-0.1, -0.05) is 36.0 Å². The number of carbonyl (C=O) groups excluding carboxylic acids is 1. The second-order valence-corrected chi connectivity index (χ2v) is 6.10. The number of thioether (sulfide) groups is 1. The highest BCUT2D eigenvalue weighted by Gasteiger charge is 2.11. The second kappa shape index (κ2) is 7.85. The van der Waals surface area contributed by atoms with Gasteiger partial charge in [0.1, 0.15) is 16.7 Å². The number of aromatic nitrogens is 2. The molecular weight excluding hydrogens is 344 g/mol. The summed E-state index contributed by atoms with van der Waals surface area (Å²) in [5.74, 6) is -0.600. The summed E-state index contributed by atoms with van der Waals surface area (Å²) in [5, 5.41) is 11.1. The Morgan fingerprint density at radius 2 is 1.72 bits per heavy atom. The van der Waals surface area contributed by atoms with Crippen molar-refractivity contribution in [1.82, 2.24) is 10.2 Å². The Kier molecular flexibility index (Phi) is 5.35. The second-order valence-electron chi connectivity index (χ2n) is 5.11. The molecule has 1 aromatic heterocycles. The molecule has 0 saturated carbocycles. The van der Waals surface area contributed by atoms with E-state index in [0.717, 1.165) is 5.56 Å². The smallest absolute Gasteiger partial charge is 0.259 e. The standard InChI is InChI=1S/C18H13F2N3OS/c19-13-7-5-12(6-8-13)11-25-17-10-9-16(22-23-17)21-18(24)14-3-1-2-4-15(14)20/h1-10H,11H2,(H,21,22,24). The number of anilines is 1. The first-order valence-electron chi connectivity index (χ1n) is 7.39. The van der Waals surface area contributed by atoms with E-state index in [4.69, 9.17) is 0 Å². The lowest BCUT2D eigenvalue weighted by Crippen LogP contribution is -2.14. The number of carbonyl (C=O) groups is 1. The van der Waals surface area contributed by atoms with Crippen molar-refractivity contribution >= 4 is 23.5 Å². The third kappa shape index (κ3) is 4.60. The summed E-state index contributed by atoms with van der Waals surface area (Å²) in [5.41, 5.74) is 0.907. The first-order chi connectivity index (χ1) is 12.1. The van der Waals surface area contributed by atoms with Crippen LogP contribution in [0.5, 0.6) is 0 Å². The van der Waals surface area contributed by atoms with Gasteiger partial charge >= 0.3 is 0 Å². The minimum atomic E-state index is -0.598. The summed E-state index contributed by atoms with van der Waals surface area (Å²) in [6, 6.07) is 15.2. The number of nitrogens with one attached hydrogen (secondary N) is 1. The maximum Gasteiger partial charge on any atom is 0.259 e. The Hall–Kier alpha value is -2.80. The molecule has 1 heterocycles. The lowest BCUT2D eigenvalue weighted by Gasteiger charge is -2.05. The number of amides is 1. The van der Waals surface area contributed by atoms with Gasteiger partial charge in [0.2, 0.25) is 0 Å². The lowest BCUT2D eigenvalue weighted by molar-refractivity contribution is 0.102. The maximum absolute atomic E-state index is 13.6. The molecule has 3 rings (SSSR count). The molecule has 0 unspecified atom stereocenters. The largest absolute Gasteiger partial charge is 0.305 e. The molecule has 0 radical (unpaired) electrons. The summed E-state index contributed by atoms with van der Waals surface area (Å²) in [7, 11) is 0. The minimum absolute atomic E-state index is 0.0564. The molecule has 0 aliphatic carbocycles. The molecule has 0 aliphatic heterocycles. The van der Waals surface area contributed by atoms with Crippen molar-refractivity contribution in [3.05, 3.63) is 83.4 Å². The van der Waals surface area contributed by atoms with Crippen molar-refractivity contribution in [1.29, 1.82) is 0 Å². The topological polar surface area (TPSA) is 54.9 Å². The van der Waals surface area contributed by atoms with Crippen LogP contribution in [0.3, 0.4) is 0 Å². The molecule has 126 valence electrons. The van der Waals surface area contributed by atoms with Crippen LogP contribution in [-0.2, 0) is 5.75 Å². The summed E-state index contributed by atoms with van der Waals surface area (Å²) in [6.45, 7) is 0. The zero-order valence-corrected chi connectivity index (χ0v) is 13.8. The van der Waals surface area contributed by atoms with Crippen molar-refractivity contribution in [2.75, 3.05) is 5.32 Å². The van der Waals surface area contributed by atoms with E-state index in [2.05, 4.69) is 15.5 Å². The van der Waals surface area contributed by atoms with E-state index in [0.29, 0.717) is 10.8 Å². The van der Waals surface area contributed by atoms with Gasteiger partial charge in [0, 0.05) is 5.75 Å². The molecular formula is C18H13F2N3OS. The van der Waals surface area contributed by atoms with Gasteiger partial charge in [-0.05, 0) is 42.0 Å². The van der Waals surface area contributed by atoms with Crippen molar-refractivity contribution in [3.63, 3.8) is 0 Å². The van der Waals surface area contributed by atoms with Gasteiger partial charge < -0.3 is 5.32 Å². The van der Waals surface area contributed by atoms with Crippen LogP contribution in [-0.4, -0.2) is 16.1 Å². The molecule has 1 N–H and O–H groups in total. The SMILES string of the molecule is O=C(Nc1ccc(SCc2ccc(F)cc2)nn1)c1ccccc1F. The van der Waals surface area contributed by atoms with Crippen LogP contribution in [0.4, 0.5) is 14.6 Å². The third-order valence-electron chi connectivity index (χ3n) is 3.30. The van der Waals surface area contributed by atoms with E-state index in [1.165, 1.54) is 42.1 Å². The molecule has 0 aliphatic rings. The summed E-state index contributed by atoms with van der Waals surface area (Å²) in [6.07, 6.45) is 0. The Morgan fingerprint density at radius 1 is 0.960 bits per heavy atom. The molecule has 1 amide bonds. The van der Waals surface area contributed by atoms with Crippen LogP contribution in [0.15, 0.2) is 65.7 Å². The van der Waals surface area contributed by atoms with Crippen LogP contribution >= 0.6 is 11.8 Å². The van der Waals surface area contributed by atoms with Crippen molar-refractivity contribution in [2.24, 2.45) is 0 Å². The first kappa shape index (κ1) is 17.0. The quantitative estimate of drug-likeness (QED) is 0.692. The van der Waals surface area contributed by atoms with Gasteiger partial charge in [-0.25, -0.2) is 8.78 Å². The molecule has 0 atom stereocenters. The fraction of sp³-hybridized carbons (Fsp3) is 0.0556. The summed E-state index contributed by atoms with van der Waals surface area (Å²) >= 11 is 1.44. The van der Waals surface area contributed by atoms with Crippen LogP contribution < -0.4 is 5.32 Å². The van der Waals surface area contributed by atoms with Crippen LogP contribution in [0.2, 0.25) is 0 Å². The molecule has 4 nitrogen and oxygen atoms in total. The van der Waals surface area contributed by atoms with E-state index in [-0.39, 0.29) is 17.2 Å². The monoisotopic (exact) mass is 357 g/mol. The fourth-order valence-electron chi connectivity index (χ4n) is 2.03. The fourth-order valence-corrected chi connectivity index (χ4v) is 2.80. The Bertz CT molecular complexity index is 870. The van der Waals surface area contributed by atoms with Crippen LogP contribution in [0, 0.1) is 11.6 Å². The number of rotatable bonds is 5. The Labute approximate surface area is 147 Å². The zero-order chi connectivity index (χ0) is 17.6. The highest BCUT2D eigenvalue weighted by atomic mass is 32.2. The van der Waals surface area contributed by atoms with Crippen LogP contribution in [0.25, 0.3) is 0 Å². The maximum atomic E-state index is 13.6. The predicted octanol–water partition coefficient (Wildman–Crippen LogP) is 4.30.